The maximum atomic E-state index is 10.5. The highest BCUT2D eigenvalue weighted by Crippen LogP contribution is 2.08. The van der Waals surface area contributed by atoms with Gasteiger partial charge in [-0.25, -0.2) is 0 Å². The molecule has 1 saturated heterocycles. The van der Waals surface area contributed by atoms with Crippen molar-refractivity contribution in [3.8, 4) is 0 Å². The number of benzene rings is 1. The number of rotatable bonds is 1. The molecule has 1 fully saturated rings. The van der Waals surface area contributed by atoms with Crippen molar-refractivity contribution < 1.29 is 22.5 Å². The normalized spacial score (nSPS) is 18.5. The van der Waals surface area contributed by atoms with Gasteiger partial charge in [0.25, 0.3) is 10.1 Å². The number of carbonyl (C=O) groups excluding carboxylic acids is 1. The van der Waals surface area contributed by atoms with Gasteiger partial charge in [0.2, 0.25) is 0 Å². The molecule has 1 heterocycles. The van der Waals surface area contributed by atoms with Crippen LogP contribution in [0.5, 0.6) is 0 Å². The second-order valence-electron chi connectivity index (χ2n) is 3.52. The van der Waals surface area contributed by atoms with E-state index in [1.54, 1.807) is 12.1 Å². The van der Waals surface area contributed by atoms with E-state index < -0.39 is 10.1 Å². The molecule has 3 N–H and O–H groups in total. The van der Waals surface area contributed by atoms with E-state index in [0.717, 1.165) is 5.56 Å². The zero-order chi connectivity index (χ0) is 13.1. The molecule has 1 aromatic rings. The van der Waals surface area contributed by atoms with Crippen LogP contribution in [0, 0.1) is 6.92 Å². The van der Waals surface area contributed by atoms with Gasteiger partial charge in [0.15, 0.2) is 0 Å². The fourth-order valence-electron chi connectivity index (χ4n) is 0.958. The first kappa shape index (κ1) is 13.6. The fourth-order valence-corrected chi connectivity index (χ4v) is 1.44. The summed E-state index contributed by atoms with van der Waals surface area (Å²) >= 11 is 0. The minimum atomic E-state index is -4.02. The second kappa shape index (κ2) is 5.26. The van der Waals surface area contributed by atoms with Crippen LogP contribution in [-0.4, -0.2) is 31.6 Å². The second-order valence-corrected chi connectivity index (χ2v) is 4.95. The van der Waals surface area contributed by atoms with Crippen LogP contribution in [0.25, 0.3) is 0 Å². The van der Waals surface area contributed by atoms with Crippen LogP contribution in [0.2, 0.25) is 0 Å². The lowest BCUT2D eigenvalue weighted by Crippen LogP contribution is -2.47. The zero-order valence-corrected chi connectivity index (χ0v) is 9.98. The van der Waals surface area contributed by atoms with Crippen LogP contribution >= 0.6 is 0 Å². The van der Waals surface area contributed by atoms with Gasteiger partial charge < -0.3 is 10.5 Å². The average Bonchev–Trinajstić information content (AvgIpc) is 2.27. The van der Waals surface area contributed by atoms with E-state index in [4.69, 9.17) is 10.3 Å². The Morgan fingerprint density at radius 3 is 2.06 bits per heavy atom. The van der Waals surface area contributed by atoms with Gasteiger partial charge in [-0.3, -0.25) is 9.35 Å². The van der Waals surface area contributed by atoms with E-state index >= 15 is 0 Å². The monoisotopic (exact) mass is 259 g/mol. The summed E-state index contributed by atoms with van der Waals surface area (Å²) in [7, 11) is -4.02. The molecule has 0 bridgehead atoms. The van der Waals surface area contributed by atoms with E-state index in [0.29, 0.717) is 6.61 Å². The van der Waals surface area contributed by atoms with E-state index in [2.05, 4.69) is 4.74 Å². The van der Waals surface area contributed by atoms with Gasteiger partial charge in [0, 0.05) is 0 Å². The Morgan fingerprint density at radius 2 is 1.82 bits per heavy atom. The highest BCUT2D eigenvalue weighted by atomic mass is 32.2. The fraction of sp³-hybridized carbons (Fsp3) is 0.300. The first-order valence-corrected chi connectivity index (χ1v) is 6.21. The predicted octanol–water partition coefficient (Wildman–Crippen LogP) is 0.112. The Hall–Kier alpha value is -1.44. The Morgan fingerprint density at radius 1 is 1.35 bits per heavy atom. The predicted molar refractivity (Wildman–Crippen MR) is 59.9 cm³/mol. The maximum Gasteiger partial charge on any atom is 0.326 e. The van der Waals surface area contributed by atoms with Gasteiger partial charge in [-0.15, -0.1) is 0 Å². The number of aryl methyl sites for hydroxylation is 1. The van der Waals surface area contributed by atoms with Gasteiger partial charge in [-0.2, -0.15) is 8.42 Å². The first-order valence-electron chi connectivity index (χ1n) is 4.77. The van der Waals surface area contributed by atoms with Crippen LogP contribution in [0.4, 0.5) is 0 Å². The molecule has 0 radical (unpaired) electrons. The van der Waals surface area contributed by atoms with Crippen molar-refractivity contribution >= 4 is 16.1 Å². The molecule has 7 heteroatoms. The summed E-state index contributed by atoms with van der Waals surface area (Å²) in [5, 5.41) is 0. The molecule has 6 nitrogen and oxygen atoms in total. The van der Waals surface area contributed by atoms with E-state index in [1.165, 1.54) is 12.1 Å². The number of carbonyl (C=O) groups is 1. The summed E-state index contributed by atoms with van der Waals surface area (Å²) in [6, 6.07) is 5.66. The SMILES string of the molecule is Cc1ccc(S(=O)(=O)O)cc1.N[C@@H]1COC1=O. The Bertz CT molecular complexity index is 494. The molecule has 0 unspecified atom stereocenters. The zero-order valence-electron chi connectivity index (χ0n) is 9.16. The molecular formula is C10H13NO5S. The number of nitrogens with two attached hydrogens (primary N) is 1. The molecule has 0 spiro atoms. The average molecular weight is 259 g/mol. The smallest absolute Gasteiger partial charge is 0.326 e. The third-order valence-corrected chi connectivity index (χ3v) is 2.89. The summed E-state index contributed by atoms with van der Waals surface area (Å²) in [5.74, 6) is -0.282. The third-order valence-electron chi connectivity index (χ3n) is 2.03. The molecule has 1 aromatic carbocycles. The first-order chi connectivity index (χ1) is 7.80. The lowest BCUT2D eigenvalue weighted by Gasteiger charge is -2.18. The number of ether oxygens (including phenoxy) is 1. The minimum Gasteiger partial charge on any atom is -0.462 e. The number of esters is 1. The molecule has 0 saturated carbocycles. The molecule has 0 aromatic heterocycles. The Balaban J connectivity index is 0.000000202. The Labute approximate surface area is 99.1 Å². The molecule has 17 heavy (non-hydrogen) atoms. The maximum absolute atomic E-state index is 10.5. The molecule has 1 atom stereocenters. The quantitative estimate of drug-likeness (QED) is 0.547. The molecule has 2 rings (SSSR count). The van der Waals surface area contributed by atoms with E-state index in [9.17, 15) is 13.2 Å². The topological polar surface area (TPSA) is 107 Å². The van der Waals surface area contributed by atoms with Crippen molar-refractivity contribution in [3.05, 3.63) is 29.8 Å². The molecule has 0 amide bonds. The van der Waals surface area contributed by atoms with Gasteiger partial charge in [-0.1, -0.05) is 17.7 Å². The minimum absolute atomic E-state index is 0.0666. The molecule has 1 aliphatic heterocycles. The van der Waals surface area contributed by atoms with Crippen LogP contribution < -0.4 is 5.73 Å². The van der Waals surface area contributed by atoms with Crippen LogP contribution in [0.3, 0.4) is 0 Å². The molecule has 94 valence electrons. The van der Waals surface area contributed by atoms with Crippen molar-refractivity contribution in [1.82, 2.24) is 0 Å². The van der Waals surface area contributed by atoms with Gasteiger partial charge >= 0.3 is 5.97 Å². The van der Waals surface area contributed by atoms with Crippen LogP contribution in [0.1, 0.15) is 5.56 Å². The molecular weight excluding hydrogens is 246 g/mol. The van der Waals surface area contributed by atoms with Crippen LogP contribution in [0.15, 0.2) is 29.2 Å². The molecule has 1 aliphatic rings. The standard InChI is InChI=1S/C7H8O3S.C3H5NO2/c1-6-2-4-7(5-3-6)11(8,9)10;4-2-1-6-3(2)5/h2-5H,1H3,(H,8,9,10);2H,1,4H2/t;2-/m.1/s1. The summed E-state index contributed by atoms with van der Waals surface area (Å²) in [6.07, 6.45) is 0. The molecule has 0 aliphatic carbocycles. The van der Waals surface area contributed by atoms with Crippen molar-refractivity contribution in [2.24, 2.45) is 5.73 Å². The number of hydrogen-bond acceptors (Lipinski definition) is 5. The number of hydrogen-bond donors (Lipinski definition) is 2. The summed E-state index contributed by atoms with van der Waals surface area (Å²) in [4.78, 5) is 9.82. The highest BCUT2D eigenvalue weighted by molar-refractivity contribution is 7.85. The van der Waals surface area contributed by atoms with Gasteiger partial charge in [-0.05, 0) is 19.1 Å². The van der Waals surface area contributed by atoms with Crippen molar-refractivity contribution in [2.75, 3.05) is 6.61 Å². The van der Waals surface area contributed by atoms with Gasteiger partial charge in [0.05, 0.1) is 4.90 Å². The summed E-state index contributed by atoms with van der Waals surface area (Å²) in [6.45, 7) is 2.24. The summed E-state index contributed by atoms with van der Waals surface area (Å²) < 4.78 is 33.8. The van der Waals surface area contributed by atoms with Crippen molar-refractivity contribution in [1.29, 1.82) is 0 Å². The number of cyclic esters (lactones) is 1. The summed E-state index contributed by atoms with van der Waals surface area (Å²) in [5.41, 5.74) is 6.00. The Kier molecular flexibility index (Phi) is 4.22. The lowest BCUT2D eigenvalue weighted by molar-refractivity contribution is -0.160. The van der Waals surface area contributed by atoms with E-state index in [-0.39, 0.29) is 16.9 Å². The lowest BCUT2D eigenvalue weighted by atomic mass is 10.2. The third kappa shape index (κ3) is 4.14. The van der Waals surface area contributed by atoms with Crippen molar-refractivity contribution in [2.45, 2.75) is 17.9 Å². The van der Waals surface area contributed by atoms with E-state index in [1.807, 2.05) is 6.92 Å². The van der Waals surface area contributed by atoms with Crippen molar-refractivity contribution in [3.63, 3.8) is 0 Å². The highest BCUT2D eigenvalue weighted by Gasteiger charge is 2.25. The van der Waals surface area contributed by atoms with Crippen LogP contribution in [-0.2, 0) is 19.6 Å². The largest absolute Gasteiger partial charge is 0.462 e. The van der Waals surface area contributed by atoms with Gasteiger partial charge in [0.1, 0.15) is 12.6 Å².